The van der Waals surface area contributed by atoms with Crippen LogP contribution in [0.2, 0.25) is 0 Å². The van der Waals surface area contributed by atoms with Crippen molar-refractivity contribution < 1.29 is 54.4 Å². The van der Waals surface area contributed by atoms with Gasteiger partial charge in [-0.25, -0.2) is 4.79 Å². The minimum atomic E-state index is -1.61. The van der Waals surface area contributed by atoms with E-state index < -0.39 is 43.3 Å². The van der Waals surface area contributed by atoms with Crippen molar-refractivity contribution >= 4 is 5.97 Å². The third kappa shape index (κ3) is 5.83. The van der Waals surface area contributed by atoms with Gasteiger partial charge in [0.15, 0.2) is 29.3 Å². The van der Waals surface area contributed by atoms with Gasteiger partial charge in [-0.15, -0.1) is 0 Å². The first-order valence-electron chi connectivity index (χ1n) is 10.1. The summed E-state index contributed by atoms with van der Waals surface area (Å²) in [6, 6.07) is 8.13. The van der Waals surface area contributed by atoms with Crippen molar-refractivity contribution in [2.75, 3.05) is 20.3 Å². The molecular formula is C22H26O11. The number of methoxy groups -OCH3 is 1. The summed E-state index contributed by atoms with van der Waals surface area (Å²) in [4.78, 5) is 12.3. The molecule has 11 nitrogen and oxygen atoms in total. The van der Waals surface area contributed by atoms with Crippen LogP contribution in [-0.4, -0.2) is 87.6 Å². The number of hydrogen-bond donors (Lipinski definition) is 6. The lowest BCUT2D eigenvalue weighted by atomic mass is 9.99. The summed E-state index contributed by atoms with van der Waals surface area (Å²) >= 11 is 0. The van der Waals surface area contributed by atoms with Crippen LogP contribution in [0.15, 0.2) is 36.4 Å². The molecule has 1 heterocycles. The SMILES string of the molecule is COc1cc(C(=O)OC[C@H]2O[C@@H](OCCc3ccc(O)c(O)c3)[C@H](O)[C@@H](O)[C@@H]2O)ccc1O. The molecule has 33 heavy (non-hydrogen) atoms. The Kier molecular flexibility index (Phi) is 7.95. The number of rotatable bonds is 8. The summed E-state index contributed by atoms with van der Waals surface area (Å²) in [5.41, 5.74) is 0.728. The van der Waals surface area contributed by atoms with Crippen LogP contribution in [0.5, 0.6) is 23.0 Å². The molecule has 180 valence electrons. The Morgan fingerprint density at radius 3 is 2.36 bits per heavy atom. The summed E-state index contributed by atoms with van der Waals surface area (Å²) in [5, 5.41) is 59.0. The number of ether oxygens (including phenoxy) is 4. The molecule has 6 N–H and O–H groups in total. The van der Waals surface area contributed by atoms with E-state index in [1.54, 1.807) is 6.07 Å². The number of aliphatic hydroxyl groups excluding tert-OH is 3. The molecule has 5 atom stereocenters. The van der Waals surface area contributed by atoms with Crippen molar-refractivity contribution in [3.8, 4) is 23.0 Å². The largest absolute Gasteiger partial charge is 0.504 e. The Morgan fingerprint density at radius 1 is 0.939 bits per heavy atom. The Balaban J connectivity index is 1.56. The van der Waals surface area contributed by atoms with Crippen LogP contribution < -0.4 is 4.74 Å². The van der Waals surface area contributed by atoms with Gasteiger partial charge in [-0.3, -0.25) is 0 Å². The molecule has 0 aliphatic carbocycles. The maximum absolute atomic E-state index is 12.3. The normalized spacial score (nSPS) is 24.9. The van der Waals surface area contributed by atoms with Crippen LogP contribution in [0.4, 0.5) is 0 Å². The predicted octanol–water partition coefficient (Wildman–Crippen LogP) is 0.0357. The van der Waals surface area contributed by atoms with Crippen molar-refractivity contribution in [2.24, 2.45) is 0 Å². The molecule has 0 spiro atoms. The lowest BCUT2D eigenvalue weighted by Crippen LogP contribution is -2.59. The van der Waals surface area contributed by atoms with Crippen LogP contribution in [0.1, 0.15) is 15.9 Å². The van der Waals surface area contributed by atoms with E-state index >= 15 is 0 Å². The number of phenolic OH excluding ortho intramolecular Hbond substituents is 3. The van der Waals surface area contributed by atoms with E-state index in [0.29, 0.717) is 12.0 Å². The van der Waals surface area contributed by atoms with E-state index in [4.69, 9.17) is 18.9 Å². The maximum atomic E-state index is 12.3. The van der Waals surface area contributed by atoms with E-state index in [2.05, 4.69) is 0 Å². The Labute approximate surface area is 189 Å². The molecule has 11 heteroatoms. The molecule has 0 unspecified atom stereocenters. The van der Waals surface area contributed by atoms with Crippen LogP contribution in [0, 0.1) is 0 Å². The quantitative estimate of drug-likeness (QED) is 0.229. The summed E-state index contributed by atoms with van der Waals surface area (Å²) in [6.45, 7) is -0.423. The molecule has 1 aliphatic heterocycles. The molecule has 0 bridgehead atoms. The van der Waals surface area contributed by atoms with E-state index in [1.165, 1.54) is 37.4 Å². The van der Waals surface area contributed by atoms with Crippen molar-refractivity contribution in [2.45, 2.75) is 37.1 Å². The zero-order valence-corrected chi connectivity index (χ0v) is 17.7. The van der Waals surface area contributed by atoms with E-state index in [9.17, 15) is 35.4 Å². The lowest BCUT2D eigenvalue weighted by Gasteiger charge is -2.40. The van der Waals surface area contributed by atoms with Gasteiger partial charge in [-0.2, -0.15) is 0 Å². The van der Waals surface area contributed by atoms with Gasteiger partial charge in [-0.05, 0) is 42.3 Å². The number of benzene rings is 2. The van der Waals surface area contributed by atoms with Gasteiger partial charge in [0.25, 0.3) is 0 Å². The van der Waals surface area contributed by atoms with Gasteiger partial charge in [0, 0.05) is 0 Å². The average Bonchev–Trinajstić information content (AvgIpc) is 2.80. The second-order valence-corrected chi connectivity index (χ2v) is 7.44. The molecule has 0 radical (unpaired) electrons. The first-order chi connectivity index (χ1) is 15.7. The number of hydrogen-bond acceptors (Lipinski definition) is 11. The summed E-state index contributed by atoms with van der Waals surface area (Å²) in [7, 11) is 1.33. The molecule has 0 saturated carbocycles. The fraction of sp³-hybridized carbons (Fsp3) is 0.409. The standard InChI is InChI=1S/C22H26O11/c1-30-16-9-12(3-5-14(16)24)21(29)32-10-17-18(26)19(27)20(28)22(33-17)31-7-6-11-2-4-13(23)15(25)8-11/h2-5,8-9,17-20,22-28H,6-7,10H2,1H3/t17-,18-,19+,20-,22-/m1/s1. The highest BCUT2D eigenvalue weighted by Gasteiger charge is 2.44. The topological polar surface area (TPSA) is 175 Å². The Hall–Kier alpha value is -3.09. The van der Waals surface area contributed by atoms with Crippen LogP contribution in [0.25, 0.3) is 0 Å². The van der Waals surface area contributed by atoms with Gasteiger partial charge in [0.1, 0.15) is 31.0 Å². The molecule has 1 fully saturated rings. The number of carbonyl (C=O) groups excluding carboxylic acids is 1. The van der Waals surface area contributed by atoms with Gasteiger partial charge >= 0.3 is 5.97 Å². The molecule has 3 rings (SSSR count). The number of carbonyl (C=O) groups is 1. The summed E-state index contributed by atoms with van der Waals surface area (Å²) < 4.78 is 21.1. The summed E-state index contributed by atoms with van der Waals surface area (Å²) in [5.74, 6) is -1.40. The molecule has 0 aromatic heterocycles. The molecular weight excluding hydrogens is 440 g/mol. The monoisotopic (exact) mass is 466 g/mol. The highest BCUT2D eigenvalue weighted by Crippen LogP contribution is 2.28. The highest BCUT2D eigenvalue weighted by molar-refractivity contribution is 5.90. The number of esters is 1. The van der Waals surface area contributed by atoms with Crippen molar-refractivity contribution in [3.05, 3.63) is 47.5 Å². The first-order valence-corrected chi connectivity index (χ1v) is 10.1. The Morgan fingerprint density at radius 2 is 1.67 bits per heavy atom. The molecule has 2 aromatic rings. The minimum absolute atomic E-state index is 0.0224. The van der Waals surface area contributed by atoms with Gasteiger partial charge in [-0.1, -0.05) is 6.07 Å². The lowest BCUT2D eigenvalue weighted by molar-refractivity contribution is -0.300. The van der Waals surface area contributed by atoms with Gasteiger partial charge in [0.05, 0.1) is 19.3 Å². The number of aromatic hydroxyl groups is 3. The van der Waals surface area contributed by atoms with Crippen LogP contribution in [-0.2, 0) is 20.6 Å². The molecule has 2 aromatic carbocycles. The van der Waals surface area contributed by atoms with Gasteiger partial charge in [0.2, 0.25) is 0 Å². The fourth-order valence-corrected chi connectivity index (χ4v) is 3.26. The average molecular weight is 466 g/mol. The summed E-state index contributed by atoms with van der Waals surface area (Å²) in [6.07, 6.45) is -6.92. The Bertz CT molecular complexity index is 963. The second kappa shape index (κ2) is 10.7. The molecule has 1 aliphatic rings. The van der Waals surface area contributed by atoms with Crippen molar-refractivity contribution in [1.29, 1.82) is 0 Å². The minimum Gasteiger partial charge on any atom is -0.504 e. The third-order valence-corrected chi connectivity index (χ3v) is 5.18. The van der Waals surface area contributed by atoms with Crippen molar-refractivity contribution in [1.82, 2.24) is 0 Å². The van der Waals surface area contributed by atoms with Crippen LogP contribution in [0.3, 0.4) is 0 Å². The fourth-order valence-electron chi connectivity index (χ4n) is 3.26. The second-order valence-electron chi connectivity index (χ2n) is 7.44. The first kappa shape index (κ1) is 24.6. The zero-order valence-electron chi connectivity index (χ0n) is 17.7. The highest BCUT2D eigenvalue weighted by atomic mass is 16.7. The van der Waals surface area contributed by atoms with E-state index in [0.717, 1.165) is 0 Å². The zero-order chi connectivity index (χ0) is 24.1. The smallest absolute Gasteiger partial charge is 0.338 e. The van der Waals surface area contributed by atoms with Crippen molar-refractivity contribution in [3.63, 3.8) is 0 Å². The predicted molar refractivity (Wildman–Crippen MR) is 111 cm³/mol. The van der Waals surface area contributed by atoms with E-state index in [-0.39, 0.29) is 35.2 Å². The number of aliphatic hydroxyl groups is 3. The third-order valence-electron chi connectivity index (χ3n) is 5.18. The van der Waals surface area contributed by atoms with Gasteiger partial charge < -0.3 is 49.6 Å². The molecule has 0 amide bonds. The van der Waals surface area contributed by atoms with Crippen LogP contribution >= 0.6 is 0 Å². The van der Waals surface area contributed by atoms with E-state index in [1.807, 2.05) is 0 Å². The number of phenols is 3. The molecule has 1 saturated heterocycles. The maximum Gasteiger partial charge on any atom is 0.338 e.